The molecule has 0 spiro atoms. The van der Waals surface area contributed by atoms with Crippen molar-refractivity contribution in [3.63, 3.8) is 0 Å². The van der Waals surface area contributed by atoms with Crippen LogP contribution in [0.2, 0.25) is 0 Å². The summed E-state index contributed by atoms with van der Waals surface area (Å²) >= 11 is 0. The fraction of sp³-hybridized carbons (Fsp3) is 0.294. The molecule has 12 heteroatoms. The number of nitrogens with zero attached hydrogens (tertiary/aromatic N) is 5. The Hall–Kier alpha value is -3.96. The van der Waals surface area contributed by atoms with E-state index in [2.05, 4.69) is 20.8 Å². The largest absolute Gasteiger partial charge is 0.467 e. The Bertz CT molecular complexity index is 1050. The number of carbonyl (C=O) groups excluding carboxylic acids is 2. The van der Waals surface area contributed by atoms with Gasteiger partial charge in [-0.3, -0.25) is 29.1 Å². The number of nitro groups is 1. The van der Waals surface area contributed by atoms with Crippen molar-refractivity contribution in [2.24, 2.45) is 7.05 Å². The maximum atomic E-state index is 12.6. The number of rotatable bonds is 7. The molecular formula is C17H19N7O5. The molecule has 0 aliphatic rings. The first-order valence-corrected chi connectivity index (χ1v) is 8.61. The van der Waals surface area contributed by atoms with Crippen LogP contribution in [-0.2, 0) is 18.4 Å². The molecule has 2 amide bonds. The van der Waals surface area contributed by atoms with E-state index in [-0.39, 0.29) is 29.3 Å². The van der Waals surface area contributed by atoms with Crippen molar-refractivity contribution < 1.29 is 18.9 Å². The number of amides is 2. The van der Waals surface area contributed by atoms with Crippen LogP contribution in [0.15, 0.2) is 35.2 Å². The van der Waals surface area contributed by atoms with Gasteiger partial charge < -0.3 is 15.1 Å². The zero-order chi connectivity index (χ0) is 21.1. The van der Waals surface area contributed by atoms with Gasteiger partial charge in [0.1, 0.15) is 23.7 Å². The molecule has 0 aliphatic heterocycles. The van der Waals surface area contributed by atoms with Gasteiger partial charge in [-0.05, 0) is 26.0 Å². The zero-order valence-electron chi connectivity index (χ0n) is 15.9. The molecule has 0 aromatic carbocycles. The molecule has 0 saturated heterocycles. The molecule has 12 nitrogen and oxygen atoms in total. The highest BCUT2D eigenvalue weighted by atomic mass is 16.6. The standard InChI is InChI=1S/C17H19N7O5/c1-10-14(24(27)28)8-19-23(10)11(2)16(25)20-13-9-22(3)21-15(13)17(26)18-7-12-5-4-6-29-12/h4-6,8-9,11H,7H2,1-3H3,(H,18,26)(H,20,25). The predicted octanol–water partition coefficient (Wildman–Crippen LogP) is 1.56. The van der Waals surface area contributed by atoms with E-state index in [1.54, 1.807) is 26.1 Å². The highest BCUT2D eigenvalue weighted by Gasteiger charge is 2.26. The topological polar surface area (TPSA) is 150 Å². The number of anilines is 1. The average molecular weight is 401 g/mol. The molecule has 3 rings (SSSR count). The number of carbonyl (C=O) groups is 2. The third kappa shape index (κ3) is 4.15. The quantitative estimate of drug-likeness (QED) is 0.450. The van der Waals surface area contributed by atoms with Gasteiger partial charge in [-0.2, -0.15) is 10.2 Å². The van der Waals surface area contributed by atoms with Crippen LogP contribution in [0.3, 0.4) is 0 Å². The minimum Gasteiger partial charge on any atom is -0.467 e. The van der Waals surface area contributed by atoms with Gasteiger partial charge in [-0.25, -0.2) is 0 Å². The van der Waals surface area contributed by atoms with E-state index in [1.165, 1.54) is 28.7 Å². The van der Waals surface area contributed by atoms with Crippen LogP contribution in [0.25, 0.3) is 0 Å². The molecule has 0 radical (unpaired) electrons. The number of hydrogen-bond donors (Lipinski definition) is 2. The van der Waals surface area contributed by atoms with E-state index in [9.17, 15) is 19.7 Å². The van der Waals surface area contributed by atoms with Crippen molar-refractivity contribution in [1.82, 2.24) is 24.9 Å². The number of furan rings is 1. The zero-order valence-corrected chi connectivity index (χ0v) is 15.9. The van der Waals surface area contributed by atoms with Gasteiger partial charge >= 0.3 is 5.69 Å². The molecule has 3 aromatic rings. The normalized spacial score (nSPS) is 11.8. The van der Waals surface area contributed by atoms with Crippen molar-refractivity contribution in [1.29, 1.82) is 0 Å². The second kappa shape index (κ2) is 7.96. The lowest BCUT2D eigenvalue weighted by Crippen LogP contribution is -2.28. The second-order valence-electron chi connectivity index (χ2n) is 6.31. The summed E-state index contributed by atoms with van der Waals surface area (Å²) in [5.74, 6) is -0.417. The van der Waals surface area contributed by atoms with Gasteiger partial charge in [-0.15, -0.1) is 0 Å². The fourth-order valence-corrected chi connectivity index (χ4v) is 2.74. The summed E-state index contributed by atoms with van der Waals surface area (Å²) in [7, 11) is 1.61. The van der Waals surface area contributed by atoms with E-state index < -0.39 is 22.8 Å². The van der Waals surface area contributed by atoms with E-state index in [0.717, 1.165) is 6.20 Å². The highest BCUT2D eigenvalue weighted by molar-refractivity contribution is 6.03. The Morgan fingerprint density at radius 3 is 2.79 bits per heavy atom. The van der Waals surface area contributed by atoms with Crippen molar-refractivity contribution >= 4 is 23.2 Å². The summed E-state index contributed by atoms with van der Waals surface area (Å²) < 4.78 is 7.81. The first kappa shape index (κ1) is 19.8. The van der Waals surface area contributed by atoms with Crippen LogP contribution in [0, 0.1) is 17.0 Å². The predicted molar refractivity (Wildman–Crippen MR) is 100 cm³/mol. The first-order valence-electron chi connectivity index (χ1n) is 8.61. The molecule has 0 bridgehead atoms. The Morgan fingerprint density at radius 2 is 2.17 bits per heavy atom. The maximum Gasteiger partial charge on any atom is 0.309 e. The number of nitrogens with one attached hydrogen (secondary N) is 2. The molecule has 2 N–H and O–H groups in total. The molecular weight excluding hydrogens is 382 g/mol. The lowest BCUT2D eigenvalue weighted by atomic mass is 10.2. The minimum atomic E-state index is -0.845. The average Bonchev–Trinajstić information content (AvgIpc) is 3.39. The lowest BCUT2D eigenvalue weighted by molar-refractivity contribution is -0.385. The number of aromatic nitrogens is 4. The molecule has 152 valence electrons. The maximum absolute atomic E-state index is 12.6. The van der Waals surface area contributed by atoms with Crippen LogP contribution < -0.4 is 10.6 Å². The molecule has 3 heterocycles. The molecule has 29 heavy (non-hydrogen) atoms. The van der Waals surface area contributed by atoms with Gasteiger partial charge in [0, 0.05) is 13.2 Å². The summed E-state index contributed by atoms with van der Waals surface area (Å²) in [4.78, 5) is 35.5. The van der Waals surface area contributed by atoms with Crippen LogP contribution >= 0.6 is 0 Å². The monoisotopic (exact) mass is 401 g/mol. The summed E-state index contributed by atoms with van der Waals surface area (Å²) in [5.41, 5.74) is 0.313. The van der Waals surface area contributed by atoms with Crippen LogP contribution in [-0.4, -0.2) is 36.3 Å². The van der Waals surface area contributed by atoms with Crippen molar-refractivity contribution in [2.75, 3.05) is 5.32 Å². The first-order chi connectivity index (χ1) is 13.8. The summed E-state index contributed by atoms with van der Waals surface area (Å²) in [6.45, 7) is 3.22. The summed E-state index contributed by atoms with van der Waals surface area (Å²) in [6.07, 6.45) is 4.08. The molecule has 3 aromatic heterocycles. The van der Waals surface area contributed by atoms with E-state index in [1.807, 2.05) is 0 Å². The Balaban J connectivity index is 1.73. The van der Waals surface area contributed by atoms with Crippen molar-refractivity contribution in [2.45, 2.75) is 26.4 Å². The summed E-state index contributed by atoms with van der Waals surface area (Å²) in [5, 5.41) is 24.3. The number of aryl methyl sites for hydroxylation is 1. The minimum absolute atomic E-state index is 0.0303. The van der Waals surface area contributed by atoms with Gasteiger partial charge in [0.15, 0.2) is 5.69 Å². The number of hydrogen-bond acceptors (Lipinski definition) is 7. The fourth-order valence-electron chi connectivity index (χ4n) is 2.74. The lowest BCUT2D eigenvalue weighted by Gasteiger charge is -2.13. The molecule has 0 aliphatic carbocycles. The van der Waals surface area contributed by atoms with Gasteiger partial charge in [-0.1, -0.05) is 0 Å². The van der Waals surface area contributed by atoms with Gasteiger partial charge in [0.25, 0.3) is 5.91 Å². The van der Waals surface area contributed by atoms with Crippen molar-refractivity contribution in [3.8, 4) is 0 Å². The smallest absolute Gasteiger partial charge is 0.309 e. The van der Waals surface area contributed by atoms with Gasteiger partial charge in [0.2, 0.25) is 5.91 Å². The Labute approximate surface area is 164 Å². The van der Waals surface area contributed by atoms with Crippen LogP contribution in [0.5, 0.6) is 0 Å². The van der Waals surface area contributed by atoms with E-state index in [4.69, 9.17) is 4.42 Å². The Kier molecular flexibility index (Phi) is 5.43. The SMILES string of the molecule is Cc1c([N+](=O)[O-])cnn1C(C)C(=O)Nc1cn(C)nc1C(=O)NCc1ccco1. The van der Waals surface area contributed by atoms with E-state index >= 15 is 0 Å². The highest BCUT2D eigenvalue weighted by Crippen LogP contribution is 2.22. The third-order valence-electron chi connectivity index (χ3n) is 4.27. The summed E-state index contributed by atoms with van der Waals surface area (Å²) in [6, 6.07) is 2.58. The van der Waals surface area contributed by atoms with E-state index in [0.29, 0.717) is 5.76 Å². The van der Waals surface area contributed by atoms with Crippen LogP contribution in [0.4, 0.5) is 11.4 Å². The third-order valence-corrected chi connectivity index (χ3v) is 4.27. The Morgan fingerprint density at radius 1 is 1.41 bits per heavy atom. The second-order valence-corrected chi connectivity index (χ2v) is 6.31. The van der Waals surface area contributed by atoms with Crippen molar-refractivity contribution in [3.05, 3.63) is 58.1 Å². The van der Waals surface area contributed by atoms with Crippen LogP contribution in [0.1, 0.15) is 34.9 Å². The molecule has 1 atom stereocenters. The van der Waals surface area contributed by atoms with Gasteiger partial charge in [0.05, 0.1) is 23.4 Å². The molecule has 0 saturated carbocycles. The molecule has 1 unspecified atom stereocenters. The molecule has 0 fully saturated rings.